The molecule has 0 bridgehead atoms. The van der Waals surface area contributed by atoms with Gasteiger partial charge in [0.15, 0.2) is 0 Å². The maximum atomic E-state index is 13.3. The molecule has 1 spiro atoms. The van der Waals surface area contributed by atoms with Crippen molar-refractivity contribution in [1.82, 2.24) is 9.21 Å². The van der Waals surface area contributed by atoms with Crippen molar-refractivity contribution in [2.45, 2.75) is 36.6 Å². The first-order chi connectivity index (χ1) is 12.1. The predicted molar refractivity (Wildman–Crippen MR) is 90.4 cm³/mol. The van der Waals surface area contributed by atoms with Gasteiger partial charge in [0, 0.05) is 26.6 Å². The highest BCUT2D eigenvalue weighted by Gasteiger charge is 2.56. The van der Waals surface area contributed by atoms with Crippen molar-refractivity contribution in [3.8, 4) is 0 Å². The number of carbonyl (C=O) groups is 2. The van der Waals surface area contributed by atoms with E-state index in [2.05, 4.69) is 0 Å². The number of rotatable bonds is 3. The number of benzene rings is 1. The topological polar surface area (TPSA) is 95.0 Å². The van der Waals surface area contributed by atoms with Gasteiger partial charge in [-0.25, -0.2) is 12.8 Å². The monoisotopic (exact) mass is 384 g/mol. The Morgan fingerprint density at radius 2 is 1.92 bits per heavy atom. The van der Waals surface area contributed by atoms with E-state index in [1.54, 1.807) is 7.05 Å². The molecule has 2 heterocycles. The van der Waals surface area contributed by atoms with Crippen molar-refractivity contribution in [3.63, 3.8) is 0 Å². The van der Waals surface area contributed by atoms with Crippen LogP contribution in [0.1, 0.15) is 24.8 Å². The number of aliphatic carboxylic acids is 1. The number of hydrogen-bond acceptors (Lipinski definition) is 4. The molecule has 3 rings (SSSR count). The maximum absolute atomic E-state index is 13.3. The lowest BCUT2D eigenvalue weighted by Gasteiger charge is -2.45. The second kappa shape index (κ2) is 6.31. The lowest BCUT2D eigenvalue weighted by atomic mass is 9.77. The molecule has 2 saturated heterocycles. The molecule has 1 atom stereocenters. The smallest absolute Gasteiger partial charge is 0.309 e. The average molecular weight is 384 g/mol. The number of piperidine rings is 1. The summed E-state index contributed by atoms with van der Waals surface area (Å²) in [6.45, 7) is 1.76. The molecule has 0 saturated carbocycles. The zero-order valence-electron chi connectivity index (χ0n) is 14.6. The summed E-state index contributed by atoms with van der Waals surface area (Å²) in [6, 6.07) is 3.52. The number of aryl methyl sites for hydroxylation is 1. The van der Waals surface area contributed by atoms with Crippen LogP contribution in [-0.2, 0) is 19.6 Å². The highest BCUT2D eigenvalue weighted by Crippen LogP contribution is 2.43. The molecule has 7 nitrogen and oxygen atoms in total. The highest BCUT2D eigenvalue weighted by molar-refractivity contribution is 7.89. The van der Waals surface area contributed by atoms with Gasteiger partial charge in [0.1, 0.15) is 5.82 Å². The van der Waals surface area contributed by atoms with E-state index in [9.17, 15) is 27.5 Å². The van der Waals surface area contributed by atoms with Crippen LogP contribution in [-0.4, -0.2) is 60.3 Å². The van der Waals surface area contributed by atoms with Crippen LogP contribution in [0.15, 0.2) is 23.1 Å². The minimum atomic E-state index is -3.81. The van der Waals surface area contributed by atoms with Crippen LogP contribution < -0.4 is 0 Å². The van der Waals surface area contributed by atoms with Crippen molar-refractivity contribution in [3.05, 3.63) is 29.6 Å². The Morgan fingerprint density at radius 3 is 2.46 bits per heavy atom. The Hall–Kier alpha value is -2.00. The maximum Gasteiger partial charge on any atom is 0.309 e. The highest BCUT2D eigenvalue weighted by atomic mass is 32.2. The molecule has 0 aliphatic carbocycles. The molecular weight excluding hydrogens is 363 g/mol. The molecule has 2 aliphatic heterocycles. The van der Waals surface area contributed by atoms with Gasteiger partial charge in [0.2, 0.25) is 15.9 Å². The third-order valence-corrected chi connectivity index (χ3v) is 7.77. The Labute approximate surface area is 151 Å². The Morgan fingerprint density at radius 1 is 1.31 bits per heavy atom. The summed E-state index contributed by atoms with van der Waals surface area (Å²) in [5.74, 6) is -2.61. The van der Waals surface area contributed by atoms with Crippen LogP contribution in [0.4, 0.5) is 4.39 Å². The first kappa shape index (κ1) is 18.8. The van der Waals surface area contributed by atoms with E-state index in [1.807, 2.05) is 0 Å². The standard InChI is InChI=1S/C17H21FN2O5S/c1-11-9-12(18)3-4-14(11)26(24,25)20-7-5-17(6-8-20)13(16(22)23)10-15(21)19(17)2/h3-4,9,13H,5-8,10H2,1-2H3,(H,22,23)/t13-/m0/s1. The molecule has 1 aromatic carbocycles. The largest absolute Gasteiger partial charge is 0.481 e. The average Bonchev–Trinajstić information content (AvgIpc) is 2.80. The quantitative estimate of drug-likeness (QED) is 0.846. The second-order valence-electron chi connectivity index (χ2n) is 6.97. The Bertz CT molecular complexity index is 862. The van der Waals surface area contributed by atoms with Crippen molar-refractivity contribution >= 4 is 21.9 Å². The summed E-state index contributed by atoms with van der Waals surface area (Å²) < 4.78 is 40.3. The fourth-order valence-corrected chi connectivity index (χ4v) is 5.79. The van der Waals surface area contributed by atoms with Crippen LogP contribution in [0.2, 0.25) is 0 Å². The summed E-state index contributed by atoms with van der Waals surface area (Å²) in [7, 11) is -2.23. The second-order valence-corrected chi connectivity index (χ2v) is 8.87. The normalized spacial score (nSPS) is 23.6. The number of carboxylic acid groups (broad SMARTS) is 1. The number of halogens is 1. The van der Waals surface area contributed by atoms with Gasteiger partial charge in [-0.1, -0.05) is 0 Å². The van der Waals surface area contributed by atoms with Crippen molar-refractivity contribution < 1.29 is 27.5 Å². The number of amides is 1. The molecule has 0 unspecified atom stereocenters. The lowest BCUT2D eigenvalue weighted by Crippen LogP contribution is -2.56. The fourth-order valence-electron chi connectivity index (χ4n) is 4.14. The number of carboxylic acids is 1. The van der Waals surface area contributed by atoms with E-state index >= 15 is 0 Å². The van der Waals surface area contributed by atoms with E-state index in [1.165, 1.54) is 28.3 Å². The van der Waals surface area contributed by atoms with Crippen LogP contribution in [0.5, 0.6) is 0 Å². The van der Waals surface area contributed by atoms with Crippen LogP contribution in [0, 0.1) is 18.7 Å². The van der Waals surface area contributed by atoms with E-state index in [0.717, 1.165) is 6.07 Å². The minimum absolute atomic E-state index is 0.0421. The number of hydrogen-bond donors (Lipinski definition) is 1. The summed E-state index contributed by atoms with van der Waals surface area (Å²) >= 11 is 0. The summed E-state index contributed by atoms with van der Waals surface area (Å²) in [5, 5.41) is 9.49. The molecule has 0 radical (unpaired) electrons. The molecule has 1 amide bonds. The third kappa shape index (κ3) is 2.79. The van der Waals surface area contributed by atoms with Gasteiger partial charge in [-0.2, -0.15) is 4.31 Å². The molecule has 9 heteroatoms. The van der Waals surface area contributed by atoms with Crippen LogP contribution in [0.25, 0.3) is 0 Å². The van der Waals surface area contributed by atoms with Crippen molar-refractivity contribution in [2.24, 2.45) is 5.92 Å². The van der Waals surface area contributed by atoms with Gasteiger partial charge in [0.25, 0.3) is 0 Å². The molecule has 1 aromatic rings. The zero-order valence-corrected chi connectivity index (χ0v) is 15.4. The third-order valence-electron chi connectivity index (χ3n) is 5.71. The molecule has 0 aromatic heterocycles. The molecule has 1 N–H and O–H groups in total. The van der Waals surface area contributed by atoms with E-state index in [0.29, 0.717) is 5.56 Å². The SMILES string of the molecule is Cc1cc(F)ccc1S(=O)(=O)N1CCC2(CC1)[C@H](C(=O)O)CC(=O)N2C. The van der Waals surface area contributed by atoms with Gasteiger partial charge in [-0.05, 0) is 43.5 Å². The number of carbonyl (C=O) groups excluding carboxylic acids is 1. The van der Waals surface area contributed by atoms with Crippen molar-refractivity contribution in [2.75, 3.05) is 20.1 Å². The number of nitrogens with zero attached hydrogens (tertiary/aromatic N) is 2. The van der Waals surface area contributed by atoms with Gasteiger partial charge >= 0.3 is 5.97 Å². The van der Waals surface area contributed by atoms with E-state index < -0.39 is 33.3 Å². The molecular formula is C17H21FN2O5S. The zero-order chi connectivity index (χ0) is 19.3. The lowest BCUT2D eigenvalue weighted by molar-refractivity contribution is -0.145. The Balaban J connectivity index is 1.86. The number of likely N-dealkylation sites (tertiary alicyclic amines) is 1. The van der Waals surface area contributed by atoms with E-state index in [4.69, 9.17) is 0 Å². The minimum Gasteiger partial charge on any atom is -0.481 e. The van der Waals surface area contributed by atoms with Gasteiger partial charge < -0.3 is 10.0 Å². The molecule has 26 heavy (non-hydrogen) atoms. The summed E-state index contributed by atoms with van der Waals surface area (Å²) in [4.78, 5) is 25.1. The van der Waals surface area contributed by atoms with Crippen molar-refractivity contribution in [1.29, 1.82) is 0 Å². The predicted octanol–water partition coefficient (Wildman–Crippen LogP) is 1.22. The molecule has 142 valence electrons. The first-order valence-corrected chi connectivity index (χ1v) is 9.79. The van der Waals surface area contributed by atoms with E-state index in [-0.39, 0.29) is 43.2 Å². The van der Waals surface area contributed by atoms with Gasteiger partial charge in [-0.15, -0.1) is 0 Å². The summed E-state index contributed by atoms with van der Waals surface area (Å²) in [6.07, 6.45) is 0.451. The number of sulfonamides is 1. The molecule has 2 aliphatic rings. The Kier molecular flexibility index (Phi) is 4.56. The van der Waals surface area contributed by atoms with Crippen LogP contribution >= 0.6 is 0 Å². The van der Waals surface area contributed by atoms with Gasteiger partial charge in [0.05, 0.1) is 16.4 Å². The fraction of sp³-hybridized carbons (Fsp3) is 0.529. The molecule has 2 fully saturated rings. The van der Waals surface area contributed by atoms with Gasteiger partial charge in [-0.3, -0.25) is 9.59 Å². The van der Waals surface area contributed by atoms with Crippen LogP contribution in [0.3, 0.4) is 0 Å². The first-order valence-electron chi connectivity index (χ1n) is 8.35. The summed E-state index contributed by atoms with van der Waals surface area (Å²) in [5.41, 5.74) is -0.533.